The van der Waals surface area contributed by atoms with Crippen molar-refractivity contribution in [3.63, 3.8) is 0 Å². The van der Waals surface area contributed by atoms with E-state index >= 15 is 0 Å². The van der Waals surface area contributed by atoms with Crippen LogP contribution >= 0.6 is 11.8 Å². The molecule has 1 saturated heterocycles. The molecule has 0 N–H and O–H groups in total. The highest BCUT2D eigenvalue weighted by Crippen LogP contribution is 2.35. The number of aliphatic imine (C=N–C) groups is 1. The highest BCUT2D eigenvalue weighted by atomic mass is 32.2. The fraction of sp³-hybridized carbons (Fsp3) is 0.185. The Labute approximate surface area is 202 Å². The van der Waals surface area contributed by atoms with Crippen molar-refractivity contribution in [2.45, 2.75) is 13.5 Å². The van der Waals surface area contributed by atoms with Gasteiger partial charge in [0.1, 0.15) is 18.2 Å². The number of ether oxygens (including phenoxy) is 2. The van der Waals surface area contributed by atoms with Gasteiger partial charge in [0, 0.05) is 17.7 Å². The molecule has 174 valence electrons. The molecule has 4 rings (SSSR count). The van der Waals surface area contributed by atoms with Crippen molar-refractivity contribution in [1.82, 2.24) is 4.90 Å². The van der Waals surface area contributed by atoms with E-state index in [0.717, 1.165) is 11.3 Å². The summed E-state index contributed by atoms with van der Waals surface area (Å²) in [6.45, 7) is 3.42. The van der Waals surface area contributed by atoms with E-state index in [1.807, 2.05) is 61.5 Å². The number of hydrogen-bond acceptors (Lipinski definition) is 5. The third-order valence-electron chi connectivity index (χ3n) is 5.08. The lowest BCUT2D eigenvalue weighted by Gasteiger charge is -2.15. The van der Waals surface area contributed by atoms with Crippen LogP contribution in [0.1, 0.15) is 18.1 Å². The number of halogens is 1. The van der Waals surface area contributed by atoms with Crippen LogP contribution in [0.4, 0.5) is 10.1 Å². The van der Waals surface area contributed by atoms with Gasteiger partial charge in [-0.2, -0.15) is 0 Å². The molecule has 0 unspecified atom stereocenters. The molecule has 0 aliphatic carbocycles. The molecule has 5 nitrogen and oxygen atoms in total. The lowest BCUT2D eigenvalue weighted by atomic mass is 10.1. The normalized spacial score (nSPS) is 15.9. The summed E-state index contributed by atoms with van der Waals surface area (Å²) in [5, 5.41) is 0.604. The van der Waals surface area contributed by atoms with Gasteiger partial charge >= 0.3 is 0 Å². The zero-order valence-corrected chi connectivity index (χ0v) is 19.6. The molecule has 0 radical (unpaired) electrons. The summed E-state index contributed by atoms with van der Waals surface area (Å²) in [7, 11) is 0. The average Bonchev–Trinajstić information content (AvgIpc) is 3.14. The Bertz CT molecular complexity index is 1200. The van der Waals surface area contributed by atoms with Gasteiger partial charge in [0.25, 0.3) is 5.91 Å². The lowest BCUT2D eigenvalue weighted by molar-refractivity contribution is -0.122. The molecule has 0 spiro atoms. The van der Waals surface area contributed by atoms with E-state index in [0.29, 0.717) is 41.1 Å². The number of carbonyl (C=O) groups excluding carboxylic acids is 1. The summed E-state index contributed by atoms with van der Waals surface area (Å²) < 4.78 is 25.4. The zero-order valence-electron chi connectivity index (χ0n) is 18.8. The predicted molar refractivity (Wildman–Crippen MR) is 134 cm³/mol. The summed E-state index contributed by atoms with van der Waals surface area (Å²) in [6, 6.07) is 23.4. The monoisotopic (exact) mass is 476 g/mol. The number of amides is 1. The van der Waals surface area contributed by atoms with Gasteiger partial charge in [0.15, 0.2) is 5.17 Å². The number of thioether (sulfide) groups is 1. The quantitative estimate of drug-likeness (QED) is 0.279. The SMILES string of the molecule is CCOCCN1C(=O)/C(=C/c2ccccc2OCc2ccccc2F)SC1=Nc1ccccc1. The third kappa shape index (κ3) is 5.92. The molecular formula is C27H25FN2O3S. The summed E-state index contributed by atoms with van der Waals surface area (Å²) >= 11 is 1.32. The number of para-hydroxylation sites is 2. The van der Waals surface area contributed by atoms with E-state index < -0.39 is 0 Å². The van der Waals surface area contributed by atoms with Gasteiger partial charge in [0.2, 0.25) is 0 Å². The van der Waals surface area contributed by atoms with Crippen LogP contribution in [0.25, 0.3) is 6.08 Å². The molecule has 0 bridgehead atoms. The molecule has 1 amide bonds. The van der Waals surface area contributed by atoms with Gasteiger partial charge in [-0.3, -0.25) is 9.69 Å². The van der Waals surface area contributed by atoms with Crippen LogP contribution in [0.5, 0.6) is 5.75 Å². The van der Waals surface area contributed by atoms with E-state index in [-0.39, 0.29) is 18.3 Å². The number of nitrogens with zero attached hydrogens (tertiary/aromatic N) is 2. The van der Waals surface area contributed by atoms with Crippen molar-refractivity contribution in [2.24, 2.45) is 4.99 Å². The molecule has 1 aliphatic heterocycles. The minimum Gasteiger partial charge on any atom is -0.488 e. The van der Waals surface area contributed by atoms with E-state index in [1.165, 1.54) is 17.8 Å². The summed E-state index contributed by atoms with van der Waals surface area (Å²) in [6.07, 6.45) is 1.80. The van der Waals surface area contributed by atoms with Crippen LogP contribution in [-0.2, 0) is 16.1 Å². The zero-order chi connectivity index (χ0) is 23.8. The van der Waals surface area contributed by atoms with E-state index in [1.54, 1.807) is 29.2 Å². The number of carbonyl (C=O) groups is 1. The van der Waals surface area contributed by atoms with Crippen molar-refractivity contribution >= 4 is 34.6 Å². The molecule has 1 aliphatic rings. The minimum atomic E-state index is -0.313. The molecule has 3 aromatic rings. The molecule has 34 heavy (non-hydrogen) atoms. The van der Waals surface area contributed by atoms with Crippen LogP contribution in [0.2, 0.25) is 0 Å². The maximum absolute atomic E-state index is 14.0. The Kier molecular flexibility index (Phi) is 8.12. The van der Waals surface area contributed by atoms with Crippen molar-refractivity contribution in [3.05, 3.63) is 101 Å². The van der Waals surface area contributed by atoms with Crippen LogP contribution in [0.15, 0.2) is 88.8 Å². The van der Waals surface area contributed by atoms with Gasteiger partial charge in [-0.05, 0) is 49.0 Å². The molecule has 0 saturated carbocycles. The minimum absolute atomic E-state index is 0.0924. The molecular weight excluding hydrogens is 451 g/mol. The lowest BCUT2D eigenvalue weighted by Crippen LogP contribution is -2.32. The second-order valence-electron chi connectivity index (χ2n) is 7.41. The summed E-state index contributed by atoms with van der Waals surface area (Å²) in [4.78, 5) is 20.1. The van der Waals surface area contributed by atoms with Crippen LogP contribution in [0.3, 0.4) is 0 Å². The molecule has 1 fully saturated rings. The Morgan fingerprint density at radius 3 is 2.53 bits per heavy atom. The van der Waals surface area contributed by atoms with E-state index in [4.69, 9.17) is 9.47 Å². The third-order valence-corrected chi connectivity index (χ3v) is 6.09. The van der Waals surface area contributed by atoms with Crippen molar-refractivity contribution in [1.29, 1.82) is 0 Å². The standard InChI is InChI=1S/C27H25FN2O3S/c1-2-32-17-16-30-26(31)25(34-27(30)29-22-12-4-3-5-13-22)18-20-10-7-9-15-24(20)33-19-21-11-6-8-14-23(21)28/h3-15,18H,2,16-17,19H2,1H3/b25-18-,29-27?. The second-order valence-corrected chi connectivity index (χ2v) is 8.42. The molecule has 7 heteroatoms. The predicted octanol–water partition coefficient (Wildman–Crippen LogP) is 6.05. The highest BCUT2D eigenvalue weighted by molar-refractivity contribution is 8.18. The van der Waals surface area contributed by atoms with E-state index in [9.17, 15) is 9.18 Å². The topological polar surface area (TPSA) is 51.1 Å². The van der Waals surface area contributed by atoms with E-state index in [2.05, 4.69) is 4.99 Å². The summed E-state index contributed by atoms with van der Waals surface area (Å²) in [5.74, 6) is 0.121. The van der Waals surface area contributed by atoms with Crippen LogP contribution in [-0.4, -0.2) is 35.7 Å². The van der Waals surface area contributed by atoms with Crippen LogP contribution in [0, 0.1) is 5.82 Å². The first kappa shape index (κ1) is 23.7. The Balaban J connectivity index is 1.59. The van der Waals surface area contributed by atoms with Gasteiger partial charge in [-0.25, -0.2) is 9.38 Å². The van der Waals surface area contributed by atoms with Crippen molar-refractivity contribution in [2.75, 3.05) is 19.8 Å². The highest BCUT2D eigenvalue weighted by Gasteiger charge is 2.33. The maximum Gasteiger partial charge on any atom is 0.266 e. The number of rotatable bonds is 9. The Morgan fingerprint density at radius 2 is 1.74 bits per heavy atom. The van der Waals surface area contributed by atoms with Crippen molar-refractivity contribution in [3.8, 4) is 5.75 Å². The largest absolute Gasteiger partial charge is 0.488 e. The molecule has 1 heterocycles. The first-order valence-electron chi connectivity index (χ1n) is 11.0. The molecule has 0 atom stereocenters. The number of amidine groups is 1. The van der Waals surface area contributed by atoms with Gasteiger partial charge < -0.3 is 9.47 Å². The first-order chi connectivity index (χ1) is 16.7. The maximum atomic E-state index is 14.0. The van der Waals surface area contributed by atoms with Gasteiger partial charge in [-0.1, -0.05) is 54.6 Å². The smallest absolute Gasteiger partial charge is 0.266 e. The Morgan fingerprint density at radius 1 is 1.00 bits per heavy atom. The van der Waals surface area contributed by atoms with Crippen LogP contribution < -0.4 is 4.74 Å². The van der Waals surface area contributed by atoms with Gasteiger partial charge in [-0.15, -0.1) is 0 Å². The number of benzene rings is 3. The Hall–Kier alpha value is -3.42. The average molecular weight is 477 g/mol. The molecule has 0 aromatic heterocycles. The fourth-order valence-corrected chi connectivity index (χ4v) is 4.36. The molecule has 3 aromatic carbocycles. The first-order valence-corrected chi connectivity index (χ1v) is 11.9. The van der Waals surface area contributed by atoms with Crippen molar-refractivity contribution < 1.29 is 18.7 Å². The number of hydrogen-bond donors (Lipinski definition) is 0. The van der Waals surface area contributed by atoms with Gasteiger partial charge in [0.05, 0.1) is 23.7 Å². The fourth-order valence-electron chi connectivity index (χ4n) is 3.35. The summed E-state index contributed by atoms with van der Waals surface area (Å²) in [5.41, 5.74) is 1.98. The second kappa shape index (κ2) is 11.6.